The Morgan fingerprint density at radius 2 is 1.84 bits per heavy atom. The Labute approximate surface area is 190 Å². The van der Waals surface area contributed by atoms with E-state index in [-0.39, 0.29) is 10.8 Å². The molecule has 3 aromatic rings. The summed E-state index contributed by atoms with van der Waals surface area (Å²) in [6, 6.07) is 13.2. The number of carbonyl (C=O) groups excluding carboxylic acids is 1. The van der Waals surface area contributed by atoms with Gasteiger partial charge in [0.25, 0.3) is 0 Å². The molecule has 0 saturated carbocycles. The van der Waals surface area contributed by atoms with E-state index in [4.69, 9.17) is 11.6 Å². The Morgan fingerprint density at radius 1 is 1.13 bits per heavy atom. The van der Waals surface area contributed by atoms with Crippen molar-refractivity contribution in [2.75, 3.05) is 11.9 Å². The Morgan fingerprint density at radius 3 is 2.55 bits per heavy atom. The molecule has 1 fully saturated rings. The SMILES string of the molecule is Cc1ccc(S(=O)(=O)N2CCCC[C@@H]2C(=O)Nc2nc(-c3ccc(Cl)cc3)cs2)cc1. The van der Waals surface area contributed by atoms with Crippen LogP contribution in [0.5, 0.6) is 0 Å². The van der Waals surface area contributed by atoms with E-state index in [9.17, 15) is 13.2 Å². The summed E-state index contributed by atoms with van der Waals surface area (Å²) >= 11 is 7.24. The molecule has 1 N–H and O–H groups in total. The number of amides is 1. The Bertz CT molecular complexity index is 1180. The first-order valence-electron chi connectivity index (χ1n) is 9.95. The fourth-order valence-electron chi connectivity index (χ4n) is 3.57. The van der Waals surface area contributed by atoms with E-state index >= 15 is 0 Å². The molecule has 1 amide bonds. The van der Waals surface area contributed by atoms with Gasteiger partial charge in [-0.15, -0.1) is 11.3 Å². The molecular formula is C22H22ClN3O3S2. The summed E-state index contributed by atoms with van der Waals surface area (Å²) in [4.78, 5) is 17.7. The third-order valence-corrected chi connectivity index (χ3v) is 8.19. The summed E-state index contributed by atoms with van der Waals surface area (Å²) in [6.45, 7) is 2.22. The zero-order valence-electron chi connectivity index (χ0n) is 16.9. The van der Waals surface area contributed by atoms with Crippen molar-refractivity contribution in [3.8, 4) is 11.3 Å². The van der Waals surface area contributed by atoms with Crippen LogP contribution in [0, 0.1) is 6.92 Å². The highest BCUT2D eigenvalue weighted by atomic mass is 35.5. The number of nitrogens with one attached hydrogen (secondary N) is 1. The third-order valence-electron chi connectivity index (χ3n) is 5.26. The van der Waals surface area contributed by atoms with E-state index < -0.39 is 16.1 Å². The summed E-state index contributed by atoms with van der Waals surface area (Å²) < 4.78 is 27.7. The third kappa shape index (κ3) is 4.82. The van der Waals surface area contributed by atoms with Crippen LogP contribution in [0.1, 0.15) is 24.8 Å². The van der Waals surface area contributed by atoms with Crippen molar-refractivity contribution >= 4 is 44.0 Å². The molecule has 1 atom stereocenters. The van der Waals surface area contributed by atoms with Crippen molar-refractivity contribution in [1.29, 1.82) is 0 Å². The van der Waals surface area contributed by atoms with Crippen LogP contribution in [0.4, 0.5) is 5.13 Å². The van der Waals surface area contributed by atoms with Crippen LogP contribution >= 0.6 is 22.9 Å². The van der Waals surface area contributed by atoms with Crippen molar-refractivity contribution in [3.05, 3.63) is 64.5 Å². The second-order valence-electron chi connectivity index (χ2n) is 7.47. The fraction of sp³-hybridized carbons (Fsp3) is 0.273. The molecule has 0 aliphatic carbocycles. The summed E-state index contributed by atoms with van der Waals surface area (Å²) in [6.07, 6.45) is 2.01. The normalized spacial score (nSPS) is 17.4. The van der Waals surface area contributed by atoms with Gasteiger partial charge in [0.15, 0.2) is 5.13 Å². The van der Waals surface area contributed by atoms with Crippen LogP contribution in [-0.4, -0.2) is 36.2 Å². The van der Waals surface area contributed by atoms with Gasteiger partial charge in [0.05, 0.1) is 10.6 Å². The number of nitrogens with zero attached hydrogens (tertiary/aromatic N) is 2. The van der Waals surface area contributed by atoms with Crippen LogP contribution in [0.25, 0.3) is 11.3 Å². The first-order chi connectivity index (χ1) is 14.8. The standard InChI is InChI=1S/C22H22ClN3O3S2/c1-15-5-11-18(12-6-15)31(28,29)26-13-3-2-4-20(26)21(27)25-22-24-19(14-30-22)16-7-9-17(23)10-8-16/h5-12,14,20H,2-4,13H2,1H3,(H,24,25,27)/t20-/m1/s1. The molecule has 2 heterocycles. The van der Waals surface area contributed by atoms with Crippen LogP contribution < -0.4 is 5.32 Å². The van der Waals surface area contributed by atoms with Gasteiger partial charge in [0, 0.05) is 22.5 Å². The zero-order valence-corrected chi connectivity index (χ0v) is 19.3. The number of anilines is 1. The molecule has 162 valence electrons. The summed E-state index contributed by atoms with van der Waals surface area (Å²) in [5, 5.41) is 5.74. The number of carbonyl (C=O) groups is 1. The van der Waals surface area contributed by atoms with Crippen LogP contribution in [0.3, 0.4) is 0 Å². The molecule has 0 bridgehead atoms. The molecule has 31 heavy (non-hydrogen) atoms. The largest absolute Gasteiger partial charge is 0.301 e. The minimum Gasteiger partial charge on any atom is -0.301 e. The molecule has 4 rings (SSSR count). The lowest BCUT2D eigenvalue weighted by Crippen LogP contribution is -2.49. The lowest BCUT2D eigenvalue weighted by molar-refractivity contribution is -0.120. The van der Waals surface area contributed by atoms with Crippen molar-refractivity contribution in [3.63, 3.8) is 0 Å². The molecule has 0 radical (unpaired) electrons. The average molecular weight is 476 g/mol. The molecule has 6 nitrogen and oxygen atoms in total. The summed E-state index contributed by atoms with van der Waals surface area (Å²) in [5.41, 5.74) is 2.60. The van der Waals surface area contributed by atoms with Gasteiger partial charge >= 0.3 is 0 Å². The number of halogens is 1. The Hall–Kier alpha value is -2.26. The topological polar surface area (TPSA) is 79.4 Å². The number of hydrogen-bond acceptors (Lipinski definition) is 5. The van der Waals surface area contributed by atoms with Gasteiger partial charge in [-0.3, -0.25) is 4.79 Å². The van der Waals surface area contributed by atoms with Crippen molar-refractivity contribution in [1.82, 2.24) is 9.29 Å². The van der Waals surface area contributed by atoms with E-state index in [1.165, 1.54) is 15.6 Å². The van der Waals surface area contributed by atoms with E-state index in [0.717, 1.165) is 29.7 Å². The highest BCUT2D eigenvalue weighted by Gasteiger charge is 2.37. The molecular weight excluding hydrogens is 454 g/mol. The number of thiazole rings is 1. The van der Waals surface area contributed by atoms with E-state index in [0.29, 0.717) is 23.1 Å². The molecule has 9 heteroatoms. The zero-order chi connectivity index (χ0) is 22.0. The quantitative estimate of drug-likeness (QED) is 0.566. The molecule has 1 aliphatic rings. The van der Waals surface area contributed by atoms with Gasteiger partial charge in [-0.2, -0.15) is 4.31 Å². The maximum atomic E-state index is 13.2. The first kappa shape index (κ1) is 22.0. The molecule has 1 saturated heterocycles. The van der Waals surface area contributed by atoms with Crippen LogP contribution in [-0.2, 0) is 14.8 Å². The number of aromatic nitrogens is 1. The Balaban J connectivity index is 1.53. The lowest BCUT2D eigenvalue weighted by Gasteiger charge is -2.33. The van der Waals surface area contributed by atoms with Gasteiger partial charge in [-0.25, -0.2) is 13.4 Å². The fourth-order valence-corrected chi connectivity index (χ4v) is 6.08. The number of piperidine rings is 1. The number of rotatable bonds is 5. The van der Waals surface area contributed by atoms with Crippen LogP contribution in [0.2, 0.25) is 5.02 Å². The van der Waals surface area contributed by atoms with E-state index in [1.807, 2.05) is 24.4 Å². The van der Waals surface area contributed by atoms with Gasteiger partial charge in [-0.1, -0.05) is 47.9 Å². The second kappa shape index (κ2) is 9.08. The van der Waals surface area contributed by atoms with Crippen molar-refractivity contribution in [2.45, 2.75) is 37.1 Å². The Kier molecular flexibility index (Phi) is 6.43. The van der Waals surface area contributed by atoms with Gasteiger partial charge in [-0.05, 0) is 44.0 Å². The number of benzene rings is 2. The smallest absolute Gasteiger partial charge is 0.244 e. The van der Waals surface area contributed by atoms with Gasteiger partial charge in [0.1, 0.15) is 6.04 Å². The highest BCUT2D eigenvalue weighted by molar-refractivity contribution is 7.89. The van der Waals surface area contributed by atoms with E-state index in [2.05, 4.69) is 10.3 Å². The van der Waals surface area contributed by atoms with Crippen LogP contribution in [0.15, 0.2) is 58.8 Å². The van der Waals surface area contributed by atoms with E-state index in [1.54, 1.807) is 36.4 Å². The van der Waals surface area contributed by atoms with Gasteiger partial charge in [0.2, 0.25) is 15.9 Å². The van der Waals surface area contributed by atoms with Crippen molar-refractivity contribution in [2.24, 2.45) is 0 Å². The summed E-state index contributed by atoms with van der Waals surface area (Å²) in [5.74, 6) is -0.354. The molecule has 0 spiro atoms. The molecule has 2 aromatic carbocycles. The predicted molar refractivity (Wildman–Crippen MR) is 124 cm³/mol. The maximum Gasteiger partial charge on any atom is 0.244 e. The molecule has 0 unspecified atom stereocenters. The number of hydrogen-bond donors (Lipinski definition) is 1. The minimum absolute atomic E-state index is 0.206. The minimum atomic E-state index is -3.76. The first-order valence-corrected chi connectivity index (χ1v) is 12.7. The number of aryl methyl sites for hydroxylation is 1. The molecule has 1 aliphatic heterocycles. The second-order valence-corrected chi connectivity index (χ2v) is 10.7. The highest BCUT2D eigenvalue weighted by Crippen LogP contribution is 2.29. The predicted octanol–water partition coefficient (Wildman–Crippen LogP) is 4.95. The lowest BCUT2D eigenvalue weighted by atomic mass is 10.0. The van der Waals surface area contributed by atoms with Gasteiger partial charge < -0.3 is 5.32 Å². The monoisotopic (exact) mass is 475 g/mol. The average Bonchev–Trinajstić information content (AvgIpc) is 3.23. The van der Waals surface area contributed by atoms with Crippen molar-refractivity contribution < 1.29 is 13.2 Å². The number of sulfonamides is 1. The summed E-state index contributed by atoms with van der Waals surface area (Å²) in [7, 11) is -3.76. The molecule has 1 aromatic heterocycles. The maximum absolute atomic E-state index is 13.2.